The van der Waals surface area contributed by atoms with Crippen molar-refractivity contribution in [3.05, 3.63) is 53.6 Å². The van der Waals surface area contributed by atoms with E-state index in [1.165, 1.54) is 14.0 Å². The molecule has 0 radical (unpaired) electrons. The lowest BCUT2D eigenvalue weighted by atomic mass is 10.1. The standard InChI is InChI=1S/C24H27NO5/c1-18(26)21-11-12-22(27-2)24(28-3)23(21)30-17-20-16-25(14-15-29-20)13-7-10-19-8-5-4-6-9-19/h4-6,8-9,11-12,20H,13-17H2,1-3H3. The summed E-state index contributed by atoms with van der Waals surface area (Å²) in [5.41, 5.74) is 1.46. The number of morpholine rings is 1. The maximum Gasteiger partial charge on any atom is 0.204 e. The first-order chi connectivity index (χ1) is 14.6. The smallest absolute Gasteiger partial charge is 0.204 e. The highest BCUT2D eigenvalue weighted by atomic mass is 16.6. The van der Waals surface area contributed by atoms with Gasteiger partial charge in [0.05, 0.1) is 32.9 Å². The summed E-state index contributed by atoms with van der Waals surface area (Å²) < 4.78 is 22.6. The average molecular weight is 409 g/mol. The van der Waals surface area contributed by atoms with E-state index < -0.39 is 0 Å². The molecule has 2 aromatic rings. The van der Waals surface area contributed by atoms with Crippen LogP contribution in [0.15, 0.2) is 42.5 Å². The van der Waals surface area contributed by atoms with Crippen LogP contribution in [0, 0.1) is 11.8 Å². The summed E-state index contributed by atoms with van der Waals surface area (Å²) in [4.78, 5) is 14.3. The normalized spacial score (nSPS) is 16.3. The van der Waals surface area contributed by atoms with Crippen molar-refractivity contribution in [2.75, 3.05) is 47.1 Å². The molecular formula is C24H27NO5. The Kier molecular flexibility index (Phi) is 7.72. The summed E-state index contributed by atoms with van der Waals surface area (Å²) in [6.07, 6.45) is -0.131. The molecule has 0 spiro atoms. The first-order valence-corrected chi connectivity index (χ1v) is 9.89. The van der Waals surface area contributed by atoms with Crippen LogP contribution in [0.1, 0.15) is 22.8 Å². The third-order valence-corrected chi connectivity index (χ3v) is 4.82. The third kappa shape index (κ3) is 5.53. The molecule has 0 aliphatic carbocycles. The number of ether oxygens (including phenoxy) is 4. The largest absolute Gasteiger partial charge is 0.493 e. The van der Waals surface area contributed by atoms with Crippen molar-refractivity contribution >= 4 is 5.78 Å². The first kappa shape index (κ1) is 21.7. The van der Waals surface area contributed by atoms with Gasteiger partial charge < -0.3 is 18.9 Å². The fraction of sp³-hybridized carbons (Fsp3) is 0.375. The van der Waals surface area contributed by atoms with Gasteiger partial charge in [0.1, 0.15) is 12.7 Å². The van der Waals surface area contributed by atoms with Crippen molar-refractivity contribution in [3.8, 4) is 29.1 Å². The molecule has 0 aromatic heterocycles. The van der Waals surface area contributed by atoms with Crippen molar-refractivity contribution in [1.82, 2.24) is 4.90 Å². The molecule has 2 aromatic carbocycles. The predicted molar refractivity (Wildman–Crippen MR) is 115 cm³/mol. The van der Waals surface area contributed by atoms with Crippen LogP contribution in [0.25, 0.3) is 0 Å². The first-order valence-electron chi connectivity index (χ1n) is 9.89. The molecule has 0 amide bonds. The van der Waals surface area contributed by atoms with Crippen LogP contribution in [0.3, 0.4) is 0 Å². The number of carbonyl (C=O) groups is 1. The number of benzene rings is 2. The Bertz CT molecular complexity index is 916. The molecule has 1 fully saturated rings. The van der Waals surface area contributed by atoms with Crippen molar-refractivity contribution in [3.63, 3.8) is 0 Å². The fourth-order valence-corrected chi connectivity index (χ4v) is 3.30. The Labute approximate surface area is 177 Å². The molecule has 1 atom stereocenters. The van der Waals surface area contributed by atoms with Crippen LogP contribution in [0.2, 0.25) is 0 Å². The van der Waals surface area contributed by atoms with E-state index >= 15 is 0 Å². The van der Waals surface area contributed by atoms with E-state index in [0.29, 0.717) is 49.1 Å². The quantitative estimate of drug-likeness (QED) is 0.518. The second-order valence-corrected chi connectivity index (χ2v) is 6.94. The summed E-state index contributed by atoms with van der Waals surface area (Å²) >= 11 is 0. The molecule has 6 nitrogen and oxygen atoms in total. The summed E-state index contributed by atoms with van der Waals surface area (Å²) in [5, 5.41) is 0. The lowest BCUT2D eigenvalue weighted by molar-refractivity contribution is -0.0444. The Balaban J connectivity index is 1.63. The molecule has 0 N–H and O–H groups in total. The van der Waals surface area contributed by atoms with Crippen molar-refractivity contribution in [2.24, 2.45) is 0 Å². The number of ketones is 1. The summed E-state index contributed by atoms with van der Waals surface area (Å²) in [6, 6.07) is 13.3. The topological polar surface area (TPSA) is 57.2 Å². The van der Waals surface area contributed by atoms with Gasteiger partial charge in [0.2, 0.25) is 5.75 Å². The van der Waals surface area contributed by atoms with Crippen LogP contribution < -0.4 is 14.2 Å². The van der Waals surface area contributed by atoms with Crippen molar-refractivity contribution in [1.29, 1.82) is 0 Å². The molecule has 1 saturated heterocycles. The molecular weight excluding hydrogens is 382 g/mol. The molecule has 158 valence electrons. The van der Waals surface area contributed by atoms with Gasteiger partial charge in [-0.1, -0.05) is 30.0 Å². The van der Waals surface area contributed by atoms with Crippen LogP contribution in [0.4, 0.5) is 0 Å². The molecule has 3 rings (SSSR count). The van der Waals surface area contributed by atoms with E-state index in [1.807, 2.05) is 30.3 Å². The second kappa shape index (κ2) is 10.7. The van der Waals surface area contributed by atoms with Gasteiger partial charge in [-0.15, -0.1) is 0 Å². The van der Waals surface area contributed by atoms with Gasteiger partial charge in [0.25, 0.3) is 0 Å². The molecule has 30 heavy (non-hydrogen) atoms. The molecule has 0 saturated carbocycles. The van der Waals surface area contributed by atoms with Crippen LogP contribution in [0.5, 0.6) is 17.2 Å². The number of nitrogens with zero attached hydrogens (tertiary/aromatic N) is 1. The number of carbonyl (C=O) groups excluding carboxylic acids is 1. The minimum Gasteiger partial charge on any atom is -0.493 e. The van der Waals surface area contributed by atoms with E-state index in [-0.39, 0.29) is 11.9 Å². The maximum absolute atomic E-state index is 12.0. The van der Waals surface area contributed by atoms with Gasteiger partial charge in [-0.25, -0.2) is 0 Å². The van der Waals surface area contributed by atoms with Crippen LogP contribution in [-0.2, 0) is 4.74 Å². The van der Waals surface area contributed by atoms with E-state index in [4.69, 9.17) is 18.9 Å². The monoisotopic (exact) mass is 409 g/mol. The zero-order valence-corrected chi connectivity index (χ0v) is 17.6. The Hall–Kier alpha value is -3.01. The summed E-state index contributed by atoms with van der Waals surface area (Å²) in [5.74, 6) is 7.60. The Morgan fingerprint density at radius 3 is 2.63 bits per heavy atom. The van der Waals surface area contributed by atoms with Gasteiger partial charge in [-0.2, -0.15) is 0 Å². The van der Waals surface area contributed by atoms with Crippen LogP contribution >= 0.6 is 0 Å². The Morgan fingerprint density at radius 1 is 1.13 bits per heavy atom. The summed E-state index contributed by atoms with van der Waals surface area (Å²) in [7, 11) is 3.08. The molecule has 6 heteroatoms. The van der Waals surface area contributed by atoms with Gasteiger partial charge >= 0.3 is 0 Å². The maximum atomic E-state index is 12.0. The van der Waals surface area contributed by atoms with Gasteiger partial charge in [-0.3, -0.25) is 9.69 Å². The summed E-state index contributed by atoms with van der Waals surface area (Å²) in [6.45, 7) is 4.59. The van der Waals surface area contributed by atoms with Gasteiger partial charge in [0.15, 0.2) is 17.3 Å². The average Bonchev–Trinajstić information content (AvgIpc) is 2.77. The fourth-order valence-electron chi connectivity index (χ4n) is 3.30. The SMILES string of the molecule is COc1ccc(C(C)=O)c(OCC2CN(CC#Cc3ccccc3)CCO2)c1OC. The highest BCUT2D eigenvalue weighted by Crippen LogP contribution is 2.40. The van der Waals surface area contributed by atoms with Crippen molar-refractivity contribution in [2.45, 2.75) is 13.0 Å². The molecule has 1 heterocycles. The highest BCUT2D eigenvalue weighted by molar-refractivity contribution is 5.98. The highest BCUT2D eigenvalue weighted by Gasteiger charge is 2.24. The lowest BCUT2D eigenvalue weighted by Crippen LogP contribution is -2.45. The third-order valence-electron chi connectivity index (χ3n) is 4.82. The minimum absolute atomic E-state index is 0.103. The molecule has 1 aliphatic heterocycles. The molecule has 0 bridgehead atoms. The number of methoxy groups -OCH3 is 2. The van der Waals surface area contributed by atoms with E-state index in [0.717, 1.165) is 12.1 Å². The number of hydrogen-bond acceptors (Lipinski definition) is 6. The van der Waals surface area contributed by atoms with E-state index in [9.17, 15) is 4.79 Å². The van der Waals surface area contributed by atoms with Gasteiger partial charge in [-0.05, 0) is 31.2 Å². The number of Topliss-reactive ketones (excluding diaryl/α,β-unsaturated/α-hetero) is 1. The van der Waals surface area contributed by atoms with Crippen molar-refractivity contribution < 1.29 is 23.7 Å². The number of rotatable bonds is 7. The van der Waals surface area contributed by atoms with E-state index in [1.54, 1.807) is 19.2 Å². The second-order valence-electron chi connectivity index (χ2n) is 6.94. The van der Waals surface area contributed by atoms with Crippen LogP contribution in [-0.4, -0.2) is 63.9 Å². The zero-order valence-electron chi connectivity index (χ0n) is 17.6. The molecule has 1 unspecified atom stereocenters. The zero-order chi connectivity index (χ0) is 21.3. The minimum atomic E-state index is -0.131. The predicted octanol–water partition coefficient (Wildman–Crippen LogP) is 3.04. The van der Waals surface area contributed by atoms with E-state index in [2.05, 4.69) is 16.7 Å². The lowest BCUT2D eigenvalue weighted by Gasteiger charge is -2.31. The van der Waals surface area contributed by atoms with Gasteiger partial charge in [0, 0.05) is 18.7 Å². The number of hydrogen-bond donors (Lipinski definition) is 0. The Morgan fingerprint density at radius 2 is 1.93 bits per heavy atom. The molecule has 1 aliphatic rings.